The molecule has 0 aliphatic carbocycles. The molecule has 1 N–H and O–H groups in total. The van der Waals surface area contributed by atoms with Crippen LogP contribution in [0.1, 0.15) is 38.5 Å². The Morgan fingerprint density at radius 3 is 2.52 bits per heavy atom. The molecule has 0 amide bonds. The van der Waals surface area contributed by atoms with Crippen LogP contribution in [0, 0.1) is 5.92 Å². The molecular formula is C15H29N3O2S. The molecule has 3 saturated heterocycles. The van der Waals surface area contributed by atoms with E-state index < -0.39 is 10.0 Å². The van der Waals surface area contributed by atoms with Crippen LogP contribution in [0.5, 0.6) is 0 Å². The van der Waals surface area contributed by atoms with Crippen LogP contribution in [0.2, 0.25) is 0 Å². The first-order valence-electron chi connectivity index (χ1n) is 8.47. The van der Waals surface area contributed by atoms with Gasteiger partial charge in [-0.3, -0.25) is 4.90 Å². The molecule has 122 valence electrons. The fraction of sp³-hybridized carbons (Fsp3) is 1.00. The summed E-state index contributed by atoms with van der Waals surface area (Å²) < 4.78 is 27.1. The quantitative estimate of drug-likeness (QED) is 0.836. The van der Waals surface area contributed by atoms with Crippen molar-refractivity contribution in [2.75, 3.05) is 39.0 Å². The van der Waals surface area contributed by atoms with E-state index in [4.69, 9.17) is 0 Å². The van der Waals surface area contributed by atoms with Crippen molar-refractivity contribution in [1.82, 2.24) is 14.5 Å². The van der Waals surface area contributed by atoms with Crippen molar-refractivity contribution in [3.05, 3.63) is 0 Å². The minimum atomic E-state index is -3.07. The normalized spacial score (nSPS) is 33.2. The van der Waals surface area contributed by atoms with E-state index in [9.17, 15) is 8.42 Å². The lowest BCUT2D eigenvalue weighted by atomic mass is 9.96. The summed E-state index contributed by atoms with van der Waals surface area (Å²) in [6.07, 6.45) is 6.49. The molecule has 5 nitrogen and oxygen atoms in total. The summed E-state index contributed by atoms with van der Waals surface area (Å²) in [4.78, 5) is 2.41. The SMILES string of the molecule is CN1C2CCC1CN(S(=O)(=O)CCC1CCNCC1)CC2. The molecule has 3 rings (SSSR count). The predicted octanol–water partition coefficient (Wildman–Crippen LogP) is 0.874. The molecule has 3 fully saturated rings. The predicted molar refractivity (Wildman–Crippen MR) is 84.8 cm³/mol. The molecular weight excluding hydrogens is 286 g/mol. The fourth-order valence-corrected chi connectivity index (χ4v) is 5.82. The Kier molecular flexibility index (Phi) is 4.88. The third kappa shape index (κ3) is 3.60. The van der Waals surface area contributed by atoms with Gasteiger partial charge in [-0.25, -0.2) is 12.7 Å². The van der Waals surface area contributed by atoms with Crippen LogP contribution < -0.4 is 5.32 Å². The van der Waals surface area contributed by atoms with Crippen molar-refractivity contribution in [3.8, 4) is 0 Å². The molecule has 0 spiro atoms. The number of hydrogen-bond acceptors (Lipinski definition) is 4. The molecule has 0 aromatic heterocycles. The van der Waals surface area contributed by atoms with E-state index in [1.165, 1.54) is 6.42 Å². The average Bonchev–Trinajstić information content (AvgIpc) is 2.70. The molecule has 21 heavy (non-hydrogen) atoms. The van der Waals surface area contributed by atoms with Gasteiger partial charge in [-0.15, -0.1) is 0 Å². The molecule has 3 aliphatic heterocycles. The van der Waals surface area contributed by atoms with Gasteiger partial charge < -0.3 is 5.32 Å². The van der Waals surface area contributed by atoms with Crippen molar-refractivity contribution in [1.29, 1.82) is 0 Å². The molecule has 3 aliphatic rings. The van der Waals surface area contributed by atoms with Gasteiger partial charge in [-0.1, -0.05) is 0 Å². The Bertz CT molecular complexity index is 448. The summed E-state index contributed by atoms with van der Waals surface area (Å²) in [7, 11) is -0.905. The van der Waals surface area contributed by atoms with Crippen molar-refractivity contribution in [2.24, 2.45) is 5.92 Å². The minimum absolute atomic E-state index is 0.346. The molecule has 0 aromatic rings. The van der Waals surface area contributed by atoms with Gasteiger partial charge >= 0.3 is 0 Å². The molecule has 0 aromatic carbocycles. The molecule has 2 bridgehead atoms. The molecule has 0 saturated carbocycles. The molecule has 2 atom stereocenters. The van der Waals surface area contributed by atoms with Crippen LogP contribution in [0.4, 0.5) is 0 Å². The van der Waals surface area contributed by atoms with E-state index in [1.54, 1.807) is 4.31 Å². The second-order valence-corrected chi connectivity index (χ2v) is 9.08. The third-order valence-corrected chi connectivity index (χ3v) is 7.62. The van der Waals surface area contributed by atoms with Crippen LogP contribution in [0.3, 0.4) is 0 Å². The van der Waals surface area contributed by atoms with Crippen molar-refractivity contribution in [3.63, 3.8) is 0 Å². The summed E-state index contributed by atoms with van der Waals surface area (Å²) in [5, 5.41) is 3.34. The van der Waals surface area contributed by atoms with Crippen LogP contribution in [0.15, 0.2) is 0 Å². The van der Waals surface area contributed by atoms with E-state index >= 15 is 0 Å². The number of rotatable bonds is 4. The van der Waals surface area contributed by atoms with Gasteiger partial charge in [0.1, 0.15) is 0 Å². The maximum atomic E-state index is 12.7. The topological polar surface area (TPSA) is 52.7 Å². The van der Waals surface area contributed by atoms with Crippen molar-refractivity contribution < 1.29 is 8.42 Å². The number of likely N-dealkylation sites (N-methyl/N-ethyl adjacent to an activating group) is 1. The summed E-state index contributed by atoms with van der Waals surface area (Å²) in [5.41, 5.74) is 0. The number of nitrogens with one attached hydrogen (secondary N) is 1. The van der Waals surface area contributed by atoms with Gasteiger partial charge in [0.05, 0.1) is 5.75 Å². The summed E-state index contributed by atoms with van der Waals surface area (Å²) >= 11 is 0. The first-order valence-corrected chi connectivity index (χ1v) is 10.1. The molecule has 6 heteroatoms. The largest absolute Gasteiger partial charge is 0.317 e. The third-order valence-electron chi connectivity index (χ3n) is 5.75. The zero-order valence-corrected chi connectivity index (χ0v) is 13.9. The summed E-state index contributed by atoms with van der Waals surface area (Å²) in [6.45, 7) is 3.52. The lowest BCUT2D eigenvalue weighted by Crippen LogP contribution is -2.41. The lowest BCUT2D eigenvalue weighted by Gasteiger charge is -2.27. The average molecular weight is 315 g/mol. The second-order valence-electron chi connectivity index (χ2n) is 7.00. The molecule has 3 heterocycles. The number of piperidine rings is 1. The van der Waals surface area contributed by atoms with Gasteiger partial charge in [0.25, 0.3) is 0 Å². The van der Waals surface area contributed by atoms with Crippen LogP contribution in [-0.2, 0) is 10.0 Å². The van der Waals surface area contributed by atoms with E-state index in [2.05, 4.69) is 17.3 Å². The van der Waals surface area contributed by atoms with E-state index in [1.807, 2.05) is 0 Å². The van der Waals surface area contributed by atoms with Crippen LogP contribution in [-0.4, -0.2) is 68.7 Å². The van der Waals surface area contributed by atoms with Gasteiger partial charge in [0.15, 0.2) is 0 Å². The zero-order valence-electron chi connectivity index (χ0n) is 13.1. The minimum Gasteiger partial charge on any atom is -0.317 e. The summed E-state index contributed by atoms with van der Waals surface area (Å²) in [5.74, 6) is 0.936. The maximum Gasteiger partial charge on any atom is 0.214 e. The summed E-state index contributed by atoms with van der Waals surface area (Å²) in [6, 6.07) is 1.03. The molecule has 2 unspecified atom stereocenters. The maximum absolute atomic E-state index is 12.7. The lowest BCUT2D eigenvalue weighted by molar-refractivity contribution is 0.246. The highest BCUT2D eigenvalue weighted by Gasteiger charge is 2.38. The highest BCUT2D eigenvalue weighted by atomic mass is 32.2. The van der Waals surface area contributed by atoms with Gasteiger partial charge in [-0.05, 0) is 64.6 Å². The van der Waals surface area contributed by atoms with Gasteiger partial charge in [0, 0.05) is 25.2 Å². The van der Waals surface area contributed by atoms with Gasteiger partial charge in [0.2, 0.25) is 10.0 Å². The Morgan fingerprint density at radius 2 is 1.76 bits per heavy atom. The van der Waals surface area contributed by atoms with E-state index in [0.29, 0.717) is 30.3 Å². The fourth-order valence-electron chi connectivity index (χ4n) is 4.15. The molecule has 0 radical (unpaired) electrons. The second kappa shape index (κ2) is 6.52. The Labute approximate surface area is 129 Å². The Morgan fingerprint density at radius 1 is 1.05 bits per heavy atom. The van der Waals surface area contributed by atoms with Gasteiger partial charge in [-0.2, -0.15) is 0 Å². The van der Waals surface area contributed by atoms with Crippen molar-refractivity contribution >= 4 is 10.0 Å². The Balaban J connectivity index is 1.56. The standard InChI is InChI=1S/C15H29N3O2S/c1-17-14-2-3-15(17)12-18(10-6-14)21(19,20)11-7-13-4-8-16-9-5-13/h13-16H,2-12H2,1H3. The Hall–Kier alpha value is -0.170. The number of nitrogens with zero attached hydrogens (tertiary/aromatic N) is 2. The van der Waals surface area contributed by atoms with Crippen molar-refractivity contribution in [2.45, 2.75) is 50.6 Å². The van der Waals surface area contributed by atoms with Crippen LogP contribution in [0.25, 0.3) is 0 Å². The first-order chi connectivity index (χ1) is 10.1. The number of hydrogen-bond donors (Lipinski definition) is 1. The monoisotopic (exact) mass is 315 g/mol. The van der Waals surface area contributed by atoms with E-state index in [-0.39, 0.29) is 0 Å². The van der Waals surface area contributed by atoms with Crippen LogP contribution >= 0.6 is 0 Å². The highest BCUT2D eigenvalue weighted by Crippen LogP contribution is 2.30. The van der Waals surface area contributed by atoms with E-state index in [0.717, 1.165) is 51.7 Å². The zero-order chi connectivity index (χ0) is 14.9. The number of fused-ring (bicyclic) bond motifs is 2. The smallest absolute Gasteiger partial charge is 0.214 e. The highest BCUT2D eigenvalue weighted by molar-refractivity contribution is 7.89. The number of sulfonamides is 1. The first kappa shape index (κ1) is 15.7.